The lowest BCUT2D eigenvalue weighted by Gasteiger charge is -2.12. The molecule has 1 fully saturated rings. The first-order valence-electron chi connectivity index (χ1n) is 9.46. The van der Waals surface area contributed by atoms with Crippen LogP contribution in [0, 0.1) is 0 Å². The quantitative estimate of drug-likeness (QED) is 0.665. The number of benzene rings is 2. The summed E-state index contributed by atoms with van der Waals surface area (Å²) in [5.41, 5.74) is 2.49. The monoisotopic (exact) mass is 395 g/mol. The van der Waals surface area contributed by atoms with Crippen LogP contribution in [0.1, 0.15) is 18.4 Å². The van der Waals surface area contributed by atoms with Gasteiger partial charge in [0.1, 0.15) is 12.6 Å². The summed E-state index contributed by atoms with van der Waals surface area (Å²) in [6.07, 6.45) is 1.21. The Morgan fingerprint density at radius 3 is 2.83 bits per heavy atom. The van der Waals surface area contributed by atoms with Crippen molar-refractivity contribution in [1.29, 1.82) is 0 Å². The molecule has 2 aromatic carbocycles. The highest BCUT2D eigenvalue weighted by atomic mass is 16.5. The zero-order valence-corrected chi connectivity index (χ0v) is 15.7. The Morgan fingerprint density at radius 2 is 2.00 bits per heavy atom. The molecule has 1 aromatic heterocycles. The van der Waals surface area contributed by atoms with Crippen LogP contribution in [0.4, 0.5) is 5.69 Å². The number of carbonyl (C=O) groups excluding carboxylic acids is 2. The van der Waals surface area contributed by atoms with Crippen molar-refractivity contribution in [2.45, 2.75) is 32.0 Å². The zero-order chi connectivity index (χ0) is 20.2. The fourth-order valence-electron chi connectivity index (χ4n) is 3.33. The third-order valence-corrected chi connectivity index (χ3v) is 4.78. The lowest BCUT2D eigenvalue weighted by molar-refractivity contribution is -0.124. The average molecular weight is 395 g/mol. The number of amides is 2. The van der Waals surface area contributed by atoms with Crippen LogP contribution >= 0.6 is 0 Å². The van der Waals surface area contributed by atoms with Gasteiger partial charge in [-0.05, 0) is 42.7 Å². The normalized spacial score (nSPS) is 16.1. The van der Waals surface area contributed by atoms with Crippen molar-refractivity contribution in [3.63, 3.8) is 0 Å². The molecular weight excluding hydrogens is 374 g/mol. The van der Waals surface area contributed by atoms with E-state index in [0.29, 0.717) is 23.4 Å². The molecule has 0 saturated carbocycles. The molecule has 8 nitrogen and oxygen atoms in total. The first-order chi connectivity index (χ1) is 14.1. The predicted molar refractivity (Wildman–Crippen MR) is 106 cm³/mol. The van der Waals surface area contributed by atoms with Crippen molar-refractivity contribution in [2.24, 2.45) is 0 Å². The van der Waals surface area contributed by atoms with E-state index in [-0.39, 0.29) is 24.9 Å². The number of nitrogens with zero attached hydrogens (tertiary/aromatic N) is 1. The van der Waals surface area contributed by atoms with Crippen LogP contribution in [0.5, 0.6) is 0 Å². The number of fused-ring (bicyclic) bond motifs is 1. The number of hydrogen-bond donors (Lipinski definition) is 2. The molecule has 0 radical (unpaired) electrons. The Labute approximate surface area is 166 Å². The summed E-state index contributed by atoms with van der Waals surface area (Å²) in [6, 6.07) is 14.2. The Kier molecular flexibility index (Phi) is 5.44. The van der Waals surface area contributed by atoms with E-state index in [2.05, 4.69) is 10.6 Å². The number of oxazole rings is 1. The van der Waals surface area contributed by atoms with Crippen LogP contribution in [-0.2, 0) is 27.4 Å². The first kappa shape index (κ1) is 18.9. The number of aromatic nitrogens is 1. The number of ether oxygens (including phenoxy) is 1. The minimum absolute atomic E-state index is 0.134. The van der Waals surface area contributed by atoms with Crippen LogP contribution in [0.15, 0.2) is 57.7 Å². The van der Waals surface area contributed by atoms with Crippen molar-refractivity contribution >= 4 is 28.6 Å². The Morgan fingerprint density at radius 1 is 1.14 bits per heavy atom. The lowest BCUT2D eigenvalue weighted by atomic mass is 10.2. The molecule has 2 amide bonds. The van der Waals surface area contributed by atoms with Gasteiger partial charge in [-0.1, -0.05) is 24.3 Å². The van der Waals surface area contributed by atoms with E-state index in [1.54, 1.807) is 42.5 Å². The maximum absolute atomic E-state index is 12.3. The second kappa shape index (κ2) is 8.32. The van der Waals surface area contributed by atoms with E-state index in [1.807, 2.05) is 6.07 Å². The molecule has 1 saturated heterocycles. The molecular formula is C21H21N3O5. The molecule has 1 unspecified atom stereocenters. The molecule has 0 aliphatic carbocycles. The van der Waals surface area contributed by atoms with E-state index in [4.69, 9.17) is 9.15 Å². The molecule has 2 N–H and O–H groups in total. The van der Waals surface area contributed by atoms with Gasteiger partial charge in [-0.3, -0.25) is 14.2 Å². The zero-order valence-electron chi connectivity index (χ0n) is 15.7. The maximum atomic E-state index is 12.3. The number of para-hydroxylation sites is 2. The number of carbonyl (C=O) groups is 2. The van der Waals surface area contributed by atoms with Gasteiger partial charge in [-0.25, -0.2) is 4.79 Å². The van der Waals surface area contributed by atoms with Crippen molar-refractivity contribution in [1.82, 2.24) is 9.88 Å². The second-order valence-electron chi connectivity index (χ2n) is 6.89. The van der Waals surface area contributed by atoms with Gasteiger partial charge in [-0.15, -0.1) is 0 Å². The Hall–Kier alpha value is -3.39. The number of rotatable bonds is 6. The standard InChI is InChI=1S/C21H21N3O5/c25-19(13-24-16-7-1-2-8-17(16)29-21(24)27)22-12-14-5-3-6-15(11-14)23-20(26)18-9-4-10-28-18/h1-3,5-8,11,18H,4,9-10,12-13H2,(H,22,25)(H,23,26). The summed E-state index contributed by atoms with van der Waals surface area (Å²) < 4.78 is 11.8. The van der Waals surface area contributed by atoms with Gasteiger partial charge in [0, 0.05) is 18.8 Å². The van der Waals surface area contributed by atoms with Gasteiger partial charge >= 0.3 is 5.76 Å². The summed E-state index contributed by atoms with van der Waals surface area (Å²) in [5, 5.41) is 5.63. The van der Waals surface area contributed by atoms with Crippen molar-refractivity contribution in [2.75, 3.05) is 11.9 Å². The van der Waals surface area contributed by atoms with Gasteiger partial charge in [0.15, 0.2) is 5.58 Å². The van der Waals surface area contributed by atoms with Crippen LogP contribution in [0.25, 0.3) is 11.1 Å². The summed E-state index contributed by atoms with van der Waals surface area (Å²) in [6.45, 7) is 0.748. The first-order valence-corrected chi connectivity index (χ1v) is 9.46. The number of anilines is 1. The van der Waals surface area contributed by atoms with E-state index < -0.39 is 11.9 Å². The van der Waals surface area contributed by atoms with E-state index in [0.717, 1.165) is 18.4 Å². The molecule has 3 aromatic rings. The molecule has 8 heteroatoms. The van der Waals surface area contributed by atoms with Crippen molar-refractivity contribution < 1.29 is 18.7 Å². The fourth-order valence-corrected chi connectivity index (χ4v) is 3.33. The fraction of sp³-hybridized carbons (Fsp3) is 0.286. The number of hydrogen-bond acceptors (Lipinski definition) is 5. The topological polar surface area (TPSA) is 103 Å². The SMILES string of the molecule is O=C(Cn1c(=O)oc2ccccc21)NCc1cccc(NC(=O)C2CCCO2)c1. The summed E-state index contributed by atoms with van der Waals surface area (Å²) in [4.78, 5) is 36.4. The molecule has 29 heavy (non-hydrogen) atoms. The average Bonchev–Trinajstić information content (AvgIpc) is 3.36. The maximum Gasteiger partial charge on any atom is 0.420 e. The Bertz CT molecular complexity index is 1090. The largest absolute Gasteiger partial charge is 0.420 e. The molecule has 1 atom stereocenters. The van der Waals surface area contributed by atoms with Crippen molar-refractivity contribution in [3.8, 4) is 0 Å². The van der Waals surface area contributed by atoms with Crippen LogP contribution in [-0.4, -0.2) is 29.1 Å². The van der Waals surface area contributed by atoms with Crippen LogP contribution < -0.4 is 16.4 Å². The third kappa shape index (κ3) is 4.38. The highest BCUT2D eigenvalue weighted by molar-refractivity contribution is 5.94. The molecule has 0 bridgehead atoms. The lowest BCUT2D eigenvalue weighted by Crippen LogP contribution is -2.30. The van der Waals surface area contributed by atoms with Crippen LogP contribution in [0.2, 0.25) is 0 Å². The van der Waals surface area contributed by atoms with Gasteiger partial charge in [-0.2, -0.15) is 0 Å². The minimum Gasteiger partial charge on any atom is -0.408 e. The predicted octanol–water partition coefficient (Wildman–Crippen LogP) is 2.03. The highest BCUT2D eigenvalue weighted by Gasteiger charge is 2.23. The van der Waals surface area contributed by atoms with Crippen LogP contribution in [0.3, 0.4) is 0 Å². The summed E-state index contributed by atoms with van der Waals surface area (Å²) in [7, 11) is 0. The third-order valence-electron chi connectivity index (χ3n) is 4.78. The van der Waals surface area contributed by atoms with E-state index in [1.165, 1.54) is 4.57 Å². The van der Waals surface area contributed by atoms with Gasteiger partial charge in [0.2, 0.25) is 5.91 Å². The molecule has 1 aliphatic rings. The highest BCUT2D eigenvalue weighted by Crippen LogP contribution is 2.16. The summed E-state index contributed by atoms with van der Waals surface area (Å²) >= 11 is 0. The van der Waals surface area contributed by atoms with Gasteiger partial charge < -0.3 is 19.8 Å². The van der Waals surface area contributed by atoms with E-state index >= 15 is 0 Å². The van der Waals surface area contributed by atoms with E-state index in [9.17, 15) is 14.4 Å². The second-order valence-corrected chi connectivity index (χ2v) is 6.89. The molecule has 1 aliphatic heterocycles. The van der Waals surface area contributed by atoms with Gasteiger partial charge in [0.05, 0.1) is 5.52 Å². The Balaban J connectivity index is 1.36. The summed E-state index contributed by atoms with van der Waals surface area (Å²) in [5.74, 6) is -1.04. The minimum atomic E-state index is -0.569. The molecule has 4 rings (SSSR count). The molecule has 0 spiro atoms. The molecule has 150 valence electrons. The smallest absolute Gasteiger partial charge is 0.408 e. The van der Waals surface area contributed by atoms with Crippen molar-refractivity contribution in [3.05, 3.63) is 64.6 Å². The molecule has 2 heterocycles. The van der Waals surface area contributed by atoms with Gasteiger partial charge in [0.25, 0.3) is 5.91 Å². The number of nitrogens with one attached hydrogen (secondary N) is 2.